The minimum atomic E-state index is -0.349. The van der Waals surface area contributed by atoms with Crippen molar-refractivity contribution in [1.82, 2.24) is 0 Å². The Hall–Kier alpha value is -2.09. The summed E-state index contributed by atoms with van der Waals surface area (Å²) in [4.78, 5) is 26.4. The van der Waals surface area contributed by atoms with Gasteiger partial charge in [-0.05, 0) is 78.0 Å². The highest BCUT2D eigenvalue weighted by Gasteiger charge is 2.35. The highest BCUT2D eigenvalue weighted by atomic mass is 127. The van der Waals surface area contributed by atoms with Gasteiger partial charge in [-0.3, -0.25) is 9.59 Å². The quantitative estimate of drug-likeness (QED) is 0.708. The van der Waals surface area contributed by atoms with Crippen LogP contribution < -0.4 is 15.0 Å². The van der Waals surface area contributed by atoms with E-state index >= 15 is 0 Å². The highest BCUT2D eigenvalue weighted by molar-refractivity contribution is 14.1. The lowest BCUT2D eigenvalue weighted by Crippen LogP contribution is -2.28. The van der Waals surface area contributed by atoms with Gasteiger partial charge in [-0.25, -0.2) is 0 Å². The van der Waals surface area contributed by atoms with Crippen molar-refractivity contribution < 1.29 is 14.3 Å². The number of carbonyl (C=O) groups excluding carboxylic acids is 2. The number of amides is 2. The van der Waals surface area contributed by atoms with Crippen LogP contribution in [-0.4, -0.2) is 25.0 Å². The molecule has 1 heterocycles. The van der Waals surface area contributed by atoms with Crippen LogP contribution in [0, 0.1) is 9.49 Å². The Balaban J connectivity index is 1.65. The van der Waals surface area contributed by atoms with Gasteiger partial charge in [0.25, 0.3) is 0 Å². The second-order valence-electron chi connectivity index (χ2n) is 5.83. The first-order valence-corrected chi connectivity index (χ1v) is 9.24. The summed E-state index contributed by atoms with van der Waals surface area (Å²) in [6.45, 7) is 2.92. The van der Waals surface area contributed by atoms with Crippen molar-refractivity contribution in [2.24, 2.45) is 5.92 Å². The Kier molecular flexibility index (Phi) is 5.57. The summed E-state index contributed by atoms with van der Waals surface area (Å²) in [6, 6.07) is 15.0. The number of hydrogen-bond donors (Lipinski definition) is 1. The van der Waals surface area contributed by atoms with Crippen molar-refractivity contribution >= 4 is 45.8 Å². The van der Waals surface area contributed by atoms with E-state index in [4.69, 9.17) is 4.74 Å². The largest absolute Gasteiger partial charge is 0.494 e. The molecule has 25 heavy (non-hydrogen) atoms. The van der Waals surface area contributed by atoms with Crippen LogP contribution in [0.15, 0.2) is 48.5 Å². The third-order valence-electron chi connectivity index (χ3n) is 4.07. The van der Waals surface area contributed by atoms with Crippen molar-refractivity contribution in [1.29, 1.82) is 0 Å². The molecule has 1 aliphatic heterocycles. The van der Waals surface area contributed by atoms with Gasteiger partial charge in [0.05, 0.1) is 12.5 Å². The van der Waals surface area contributed by atoms with E-state index in [0.717, 1.165) is 20.7 Å². The van der Waals surface area contributed by atoms with E-state index < -0.39 is 0 Å². The molecular weight excluding hydrogens is 431 g/mol. The summed E-state index contributed by atoms with van der Waals surface area (Å²) in [5, 5.41) is 2.89. The van der Waals surface area contributed by atoms with Gasteiger partial charge in [-0.1, -0.05) is 0 Å². The van der Waals surface area contributed by atoms with E-state index in [9.17, 15) is 9.59 Å². The SMILES string of the molecule is CCOc1ccc(N2C[C@H](C(=O)Nc3ccc(I)cc3)CC2=O)cc1. The van der Waals surface area contributed by atoms with E-state index in [1.807, 2.05) is 55.5 Å². The zero-order valence-electron chi connectivity index (χ0n) is 13.9. The number of carbonyl (C=O) groups is 2. The molecule has 5 nitrogen and oxygen atoms in total. The summed E-state index contributed by atoms with van der Waals surface area (Å²) in [7, 11) is 0. The van der Waals surface area contributed by atoms with Crippen molar-refractivity contribution in [3.63, 3.8) is 0 Å². The molecule has 2 aromatic rings. The molecule has 130 valence electrons. The molecule has 2 amide bonds. The zero-order chi connectivity index (χ0) is 17.8. The van der Waals surface area contributed by atoms with Crippen LogP contribution in [0.4, 0.5) is 11.4 Å². The second kappa shape index (κ2) is 7.86. The molecule has 0 aromatic heterocycles. The molecule has 1 fully saturated rings. The standard InChI is InChI=1S/C19H19IN2O3/c1-2-25-17-9-7-16(8-10-17)22-12-13(11-18(22)23)19(24)21-15-5-3-14(20)4-6-15/h3-10,13H,2,11-12H2,1H3,(H,21,24)/t13-/m1/s1. The molecule has 1 N–H and O–H groups in total. The molecule has 3 rings (SSSR count). The van der Waals surface area contributed by atoms with Crippen LogP contribution in [0.25, 0.3) is 0 Å². The first kappa shape index (κ1) is 17.7. The molecule has 0 aliphatic carbocycles. The fraction of sp³-hybridized carbons (Fsp3) is 0.263. The minimum absolute atomic E-state index is 0.0353. The number of anilines is 2. The number of halogens is 1. The van der Waals surface area contributed by atoms with E-state index in [1.165, 1.54) is 0 Å². The molecule has 1 atom stereocenters. The lowest BCUT2D eigenvalue weighted by atomic mass is 10.1. The molecule has 0 unspecified atom stereocenters. The average Bonchev–Trinajstić information content (AvgIpc) is 3.00. The van der Waals surface area contributed by atoms with Crippen molar-refractivity contribution in [2.45, 2.75) is 13.3 Å². The van der Waals surface area contributed by atoms with Crippen LogP contribution in [0.5, 0.6) is 5.75 Å². The normalized spacial score (nSPS) is 16.8. The lowest BCUT2D eigenvalue weighted by molar-refractivity contribution is -0.122. The fourth-order valence-corrected chi connectivity index (χ4v) is 3.16. The van der Waals surface area contributed by atoms with Crippen LogP contribution in [0.2, 0.25) is 0 Å². The minimum Gasteiger partial charge on any atom is -0.494 e. The predicted molar refractivity (Wildman–Crippen MR) is 106 cm³/mol. The summed E-state index contributed by atoms with van der Waals surface area (Å²) < 4.78 is 6.52. The number of ether oxygens (including phenoxy) is 1. The Morgan fingerprint density at radius 1 is 1.20 bits per heavy atom. The van der Waals surface area contributed by atoms with Crippen molar-refractivity contribution in [3.8, 4) is 5.75 Å². The summed E-state index contributed by atoms with van der Waals surface area (Å²) in [5.41, 5.74) is 1.54. The third-order valence-corrected chi connectivity index (χ3v) is 4.79. The van der Waals surface area contributed by atoms with Gasteiger partial charge in [0.1, 0.15) is 5.75 Å². The van der Waals surface area contributed by atoms with Crippen molar-refractivity contribution in [2.75, 3.05) is 23.4 Å². The third kappa shape index (κ3) is 4.31. The van der Waals surface area contributed by atoms with Gasteiger partial charge >= 0.3 is 0 Å². The van der Waals surface area contributed by atoms with Crippen LogP contribution >= 0.6 is 22.6 Å². The van der Waals surface area contributed by atoms with Gasteiger partial charge < -0.3 is 15.0 Å². The Bertz CT molecular complexity index is 759. The number of rotatable bonds is 5. The fourth-order valence-electron chi connectivity index (χ4n) is 2.80. The number of nitrogens with zero attached hydrogens (tertiary/aromatic N) is 1. The van der Waals surface area contributed by atoms with E-state index in [2.05, 4.69) is 27.9 Å². The van der Waals surface area contributed by atoms with Gasteiger partial charge in [-0.15, -0.1) is 0 Å². The Morgan fingerprint density at radius 2 is 1.88 bits per heavy atom. The van der Waals surface area contributed by atoms with Gasteiger partial charge in [0.2, 0.25) is 11.8 Å². The summed E-state index contributed by atoms with van der Waals surface area (Å²) in [5.74, 6) is 0.263. The monoisotopic (exact) mass is 450 g/mol. The molecule has 0 radical (unpaired) electrons. The zero-order valence-corrected chi connectivity index (χ0v) is 16.0. The van der Waals surface area contributed by atoms with Crippen LogP contribution in [-0.2, 0) is 9.59 Å². The van der Waals surface area contributed by atoms with Gasteiger partial charge in [-0.2, -0.15) is 0 Å². The summed E-state index contributed by atoms with van der Waals surface area (Å²) >= 11 is 2.21. The maximum Gasteiger partial charge on any atom is 0.229 e. The summed E-state index contributed by atoms with van der Waals surface area (Å²) in [6.07, 6.45) is 0.226. The first-order chi connectivity index (χ1) is 12.1. The average molecular weight is 450 g/mol. The Labute approximate surface area is 160 Å². The topological polar surface area (TPSA) is 58.6 Å². The molecule has 1 aliphatic rings. The molecule has 1 saturated heterocycles. The number of hydrogen-bond acceptors (Lipinski definition) is 3. The Morgan fingerprint density at radius 3 is 2.52 bits per heavy atom. The maximum atomic E-state index is 12.4. The smallest absolute Gasteiger partial charge is 0.229 e. The molecule has 6 heteroatoms. The van der Waals surface area contributed by atoms with Crippen LogP contribution in [0.1, 0.15) is 13.3 Å². The molecule has 0 spiro atoms. The van der Waals surface area contributed by atoms with Crippen molar-refractivity contribution in [3.05, 3.63) is 52.1 Å². The highest BCUT2D eigenvalue weighted by Crippen LogP contribution is 2.27. The van der Waals surface area contributed by atoms with Crippen LogP contribution in [0.3, 0.4) is 0 Å². The van der Waals surface area contributed by atoms with E-state index in [-0.39, 0.29) is 24.2 Å². The van der Waals surface area contributed by atoms with Gasteiger partial charge in [0, 0.05) is 27.9 Å². The molecule has 2 aromatic carbocycles. The maximum absolute atomic E-state index is 12.4. The molecular formula is C19H19IN2O3. The number of nitrogens with one attached hydrogen (secondary N) is 1. The lowest BCUT2D eigenvalue weighted by Gasteiger charge is -2.17. The van der Waals surface area contributed by atoms with E-state index in [1.54, 1.807) is 4.90 Å². The predicted octanol–water partition coefficient (Wildman–Crippen LogP) is 3.68. The molecule has 0 bridgehead atoms. The first-order valence-electron chi connectivity index (χ1n) is 8.16. The van der Waals surface area contributed by atoms with E-state index in [0.29, 0.717) is 13.2 Å². The molecule has 0 saturated carbocycles. The number of benzene rings is 2. The van der Waals surface area contributed by atoms with Gasteiger partial charge in [0.15, 0.2) is 0 Å². The second-order valence-corrected chi connectivity index (χ2v) is 7.07.